The van der Waals surface area contributed by atoms with E-state index in [0.29, 0.717) is 45.5 Å². The van der Waals surface area contributed by atoms with E-state index in [9.17, 15) is 4.79 Å². The van der Waals surface area contributed by atoms with Gasteiger partial charge in [0.15, 0.2) is 5.43 Å². The second kappa shape index (κ2) is 10.7. The first-order valence-electron chi connectivity index (χ1n) is 11.4. The zero-order chi connectivity index (χ0) is 25.1. The van der Waals surface area contributed by atoms with E-state index in [4.69, 9.17) is 33.7 Å². The molecule has 6 heteroatoms. The Morgan fingerprint density at radius 1 is 0.914 bits per heavy atom. The van der Waals surface area contributed by atoms with Crippen molar-refractivity contribution in [1.82, 2.24) is 4.57 Å². The standard InChI is InChI=1S/C29H28Cl2N2O2/c1-18-23(16-25(32)20-10-5-4-6-11-20)29(34)27(22-13-9-15-26(35-3)28(22)31)19(2)33(18)17-21-12-7-8-14-24(21)30/h4-15,25H,16-17,32H2,1-3H3. The molecule has 1 atom stereocenters. The van der Waals surface area contributed by atoms with Crippen LogP contribution in [0.3, 0.4) is 0 Å². The van der Waals surface area contributed by atoms with Crippen LogP contribution in [0, 0.1) is 13.8 Å². The van der Waals surface area contributed by atoms with Gasteiger partial charge in [0, 0.05) is 40.1 Å². The summed E-state index contributed by atoms with van der Waals surface area (Å²) in [4.78, 5) is 14.0. The summed E-state index contributed by atoms with van der Waals surface area (Å²) in [6.45, 7) is 4.42. The highest BCUT2D eigenvalue weighted by atomic mass is 35.5. The summed E-state index contributed by atoms with van der Waals surface area (Å²) in [6, 6.07) is 22.7. The van der Waals surface area contributed by atoms with Gasteiger partial charge in [0.05, 0.1) is 17.7 Å². The molecule has 4 nitrogen and oxygen atoms in total. The van der Waals surface area contributed by atoms with Gasteiger partial charge in [-0.05, 0) is 43.5 Å². The normalized spacial score (nSPS) is 11.9. The predicted octanol–water partition coefficient (Wildman–Crippen LogP) is 6.74. The first-order valence-corrected chi connectivity index (χ1v) is 12.2. The van der Waals surface area contributed by atoms with Crippen molar-refractivity contribution in [2.45, 2.75) is 32.9 Å². The van der Waals surface area contributed by atoms with Crippen molar-refractivity contribution in [1.29, 1.82) is 0 Å². The number of benzene rings is 3. The minimum absolute atomic E-state index is 0.0723. The number of ether oxygens (including phenoxy) is 1. The van der Waals surface area contributed by atoms with E-state index in [1.165, 1.54) is 0 Å². The lowest BCUT2D eigenvalue weighted by Gasteiger charge is -2.24. The smallest absolute Gasteiger partial charge is 0.193 e. The van der Waals surface area contributed by atoms with E-state index < -0.39 is 0 Å². The summed E-state index contributed by atoms with van der Waals surface area (Å²) in [5.41, 5.74) is 12.0. The molecule has 0 amide bonds. The lowest BCUT2D eigenvalue weighted by Crippen LogP contribution is -2.26. The minimum Gasteiger partial charge on any atom is -0.495 e. The third kappa shape index (κ3) is 5.01. The van der Waals surface area contributed by atoms with E-state index in [1.54, 1.807) is 13.2 Å². The van der Waals surface area contributed by atoms with Crippen LogP contribution in [-0.4, -0.2) is 11.7 Å². The fourth-order valence-corrected chi connectivity index (χ4v) is 5.01. The molecule has 0 fully saturated rings. The molecule has 0 bridgehead atoms. The van der Waals surface area contributed by atoms with Crippen LogP contribution >= 0.6 is 23.2 Å². The second-order valence-electron chi connectivity index (χ2n) is 8.57. The largest absolute Gasteiger partial charge is 0.495 e. The van der Waals surface area contributed by atoms with E-state index >= 15 is 0 Å². The Morgan fingerprint density at radius 3 is 2.29 bits per heavy atom. The fourth-order valence-electron chi connectivity index (χ4n) is 4.52. The number of rotatable bonds is 7. The van der Waals surface area contributed by atoms with Gasteiger partial charge >= 0.3 is 0 Å². The average molecular weight is 507 g/mol. The van der Waals surface area contributed by atoms with Gasteiger partial charge < -0.3 is 15.0 Å². The first kappa shape index (κ1) is 25.1. The second-order valence-corrected chi connectivity index (χ2v) is 9.36. The molecule has 1 aromatic heterocycles. The summed E-state index contributed by atoms with van der Waals surface area (Å²) >= 11 is 13.2. The molecule has 35 heavy (non-hydrogen) atoms. The van der Waals surface area contributed by atoms with Crippen molar-refractivity contribution >= 4 is 23.2 Å². The van der Waals surface area contributed by atoms with Crippen molar-refractivity contribution in [2.24, 2.45) is 5.73 Å². The summed E-state index contributed by atoms with van der Waals surface area (Å²) in [5.74, 6) is 0.517. The molecule has 0 saturated heterocycles. The Balaban J connectivity index is 1.94. The van der Waals surface area contributed by atoms with E-state index in [2.05, 4.69) is 4.57 Å². The lowest BCUT2D eigenvalue weighted by atomic mass is 9.93. The molecule has 0 saturated carbocycles. The van der Waals surface area contributed by atoms with Crippen LogP contribution in [0.1, 0.15) is 34.1 Å². The Hall–Kier alpha value is -3.05. The molecule has 0 aliphatic heterocycles. The molecule has 0 aliphatic carbocycles. The highest BCUT2D eigenvalue weighted by Gasteiger charge is 2.23. The van der Waals surface area contributed by atoms with Crippen LogP contribution in [0.25, 0.3) is 11.1 Å². The maximum atomic E-state index is 14.0. The number of hydrogen-bond acceptors (Lipinski definition) is 3. The summed E-state index contributed by atoms with van der Waals surface area (Å²) in [7, 11) is 1.56. The predicted molar refractivity (Wildman–Crippen MR) is 145 cm³/mol. The molecule has 2 N–H and O–H groups in total. The summed E-state index contributed by atoms with van der Waals surface area (Å²) < 4.78 is 7.55. The molecule has 0 aliphatic rings. The summed E-state index contributed by atoms with van der Waals surface area (Å²) in [5, 5.41) is 1.08. The van der Waals surface area contributed by atoms with Gasteiger partial charge in [0.1, 0.15) is 5.75 Å². The van der Waals surface area contributed by atoms with Crippen molar-refractivity contribution in [3.05, 3.63) is 121 Å². The Bertz CT molecular complexity index is 1410. The van der Waals surface area contributed by atoms with E-state index in [-0.39, 0.29) is 11.5 Å². The van der Waals surface area contributed by atoms with Crippen LogP contribution in [-0.2, 0) is 13.0 Å². The summed E-state index contributed by atoms with van der Waals surface area (Å²) in [6.07, 6.45) is 0.395. The van der Waals surface area contributed by atoms with Crippen LogP contribution in [0.5, 0.6) is 5.75 Å². The van der Waals surface area contributed by atoms with Crippen LogP contribution in [0.4, 0.5) is 0 Å². The Kier molecular flexibility index (Phi) is 7.66. The molecule has 0 spiro atoms. The van der Waals surface area contributed by atoms with Crippen LogP contribution in [0.15, 0.2) is 77.6 Å². The van der Waals surface area contributed by atoms with Crippen LogP contribution in [0.2, 0.25) is 10.0 Å². The van der Waals surface area contributed by atoms with Gasteiger partial charge in [-0.1, -0.05) is 83.9 Å². The maximum Gasteiger partial charge on any atom is 0.193 e. The zero-order valence-corrected chi connectivity index (χ0v) is 21.5. The molecular weight excluding hydrogens is 479 g/mol. The third-order valence-corrected chi connectivity index (χ3v) is 7.26. The monoisotopic (exact) mass is 506 g/mol. The maximum absolute atomic E-state index is 14.0. The van der Waals surface area contributed by atoms with Gasteiger partial charge in [0.2, 0.25) is 0 Å². The van der Waals surface area contributed by atoms with Gasteiger partial charge in [-0.3, -0.25) is 4.79 Å². The minimum atomic E-state index is -0.326. The van der Waals surface area contributed by atoms with Crippen molar-refractivity contribution in [2.75, 3.05) is 7.11 Å². The van der Waals surface area contributed by atoms with Gasteiger partial charge in [-0.15, -0.1) is 0 Å². The molecule has 0 radical (unpaired) electrons. The number of hydrogen-bond donors (Lipinski definition) is 1. The number of nitrogens with zero attached hydrogens (tertiary/aromatic N) is 1. The topological polar surface area (TPSA) is 57.2 Å². The molecule has 180 valence electrons. The SMILES string of the molecule is COc1cccc(-c2c(C)n(Cc3ccccc3Cl)c(C)c(CC(N)c3ccccc3)c2=O)c1Cl. The highest BCUT2D eigenvalue weighted by Crippen LogP contribution is 2.36. The number of methoxy groups -OCH3 is 1. The molecule has 4 aromatic rings. The third-order valence-electron chi connectivity index (χ3n) is 6.50. The van der Waals surface area contributed by atoms with E-state index in [0.717, 1.165) is 22.5 Å². The number of halogens is 2. The van der Waals surface area contributed by atoms with Gasteiger partial charge in [0.25, 0.3) is 0 Å². The van der Waals surface area contributed by atoms with Gasteiger partial charge in [-0.25, -0.2) is 0 Å². The number of nitrogens with two attached hydrogens (primary N) is 1. The fraction of sp³-hybridized carbons (Fsp3) is 0.207. The quantitative estimate of drug-likeness (QED) is 0.302. The average Bonchev–Trinajstić information content (AvgIpc) is 2.87. The van der Waals surface area contributed by atoms with Crippen molar-refractivity contribution < 1.29 is 4.74 Å². The van der Waals surface area contributed by atoms with Gasteiger partial charge in [-0.2, -0.15) is 0 Å². The Morgan fingerprint density at radius 2 is 1.60 bits per heavy atom. The highest BCUT2D eigenvalue weighted by molar-refractivity contribution is 6.34. The first-order chi connectivity index (χ1) is 16.8. The molecular formula is C29H28Cl2N2O2. The molecule has 4 rings (SSSR count). The zero-order valence-electron chi connectivity index (χ0n) is 20.0. The number of pyridine rings is 1. The van der Waals surface area contributed by atoms with Crippen molar-refractivity contribution in [3.63, 3.8) is 0 Å². The molecule has 1 heterocycles. The molecule has 3 aromatic carbocycles. The molecule has 1 unspecified atom stereocenters. The Labute approximate surface area is 215 Å². The van der Waals surface area contributed by atoms with E-state index in [1.807, 2.05) is 80.6 Å². The number of aromatic nitrogens is 1. The van der Waals surface area contributed by atoms with Crippen LogP contribution < -0.4 is 15.9 Å². The van der Waals surface area contributed by atoms with Crippen molar-refractivity contribution in [3.8, 4) is 16.9 Å². The lowest BCUT2D eigenvalue weighted by molar-refractivity contribution is 0.415.